The first kappa shape index (κ1) is 53.7. The van der Waals surface area contributed by atoms with Gasteiger partial charge in [0.2, 0.25) is 20.0 Å². The van der Waals surface area contributed by atoms with Crippen LogP contribution < -0.4 is 9.47 Å². The third-order valence-electron chi connectivity index (χ3n) is 10.4. The Morgan fingerprint density at radius 1 is 0.507 bits per heavy atom. The van der Waals surface area contributed by atoms with Crippen LogP contribution in [0.15, 0.2) is 82.6 Å². The Morgan fingerprint density at radius 3 is 1.16 bits per heavy atom. The summed E-state index contributed by atoms with van der Waals surface area (Å²) in [6, 6.07) is 19.0. The molecule has 18 nitrogen and oxygen atoms in total. The summed E-state index contributed by atoms with van der Waals surface area (Å²) in [5.41, 5.74) is 2.44. The second-order valence-electron chi connectivity index (χ2n) is 18.7. The monoisotopic (exact) mass is 994 g/mol. The fourth-order valence-electron chi connectivity index (χ4n) is 7.36. The number of carbonyl (C=O) groups excluding carboxylic acids is 3. The first-order chi connectivity index (χ1) is 32.1. The molecule has 2 fully saturated rings. The maximum atomic E-state index is 13.7. The highest BCUT2D eigenvalue weighted by Gasteiger charge is 2.36. The molecule has 0 saturated carbocycles. The van der Waals surface area contributed by atoms with Crippen molar-refractivity contribution in [3.63, 3.8) is 0 Å². The van der Waals surface area contributed by atoms with Crippen LogP contribution in [0.4, 0.5) is 9.59 Å². The standard InChI is InChI=1S/C25H32N2O7S.C24H30N2O7S/c1-17-13-18(2)15-20(14-17)33-21-8-7-19(23(28)32-6)16-22(21)35(30,31)27-11-9-26(10-12-27)24(29)34-25(3,4)5;1-16-12-17(2)14-19(13-16)32-20-7-6-18(22(27)28)15-21(20)34(30,31)26-10-8-25(9-11-26)23(29)33-24(3,4)5/h7-8,13-16H,9-12H2,1-6H3;6-7,12-15H,8-11H2,1-5H3,(H,27,28). The van der Waals surface area contributed by atoms with Crippen LogP contribution in [0.3, 0.4) is 0 Å². The largest absolute Gasteiger partial charge is 0.478 e. The Kier molecular flexibility index (Phi) is 16.8. The smallest absolute Gasteiger partial charge is 0.410 e. The number of aromatic carboxylic acids is 1. The van der Waals surface area contributed by atoms with Crippen LogP contribution in [-0.4, -0.2) is 135 Å². The molecule has 6 rings (SSSR count). The molecule has 374 valence electrons. The molecule has 4 aromatic rings. The Morgan fingerprint density at radius 2 is 0.841 bits per heavy atom. The molecule has 2 aliphatic rings. The summed E-state index contributed by atoms with van der Waals surface area (Å²) in [5.74, 6) is -0.841. The summed E-state index contributed by atoms with van der Waals surface area (Å²) in [7, 11) is -6.94. The van der Waals surface area contributed by atoms with Gasteiger partial charge in [0, 0.05) is 52.4 Å². The molecule has 4 aromatic carbocycles. The van der Waals surface area contributed by atoms with Gasteiger partial charge >= 0.3 is 24.1 Å². The van der Waals surface area contributed by atoms with Crippen LogP contribution in [0.5, 0.6) is 23.0 Å². The van der Waals surface area contributed by atoms with Crippen molar-refractivity contribution < 1.29 is 64.8 Å². The molecule has 0 aliphatic carbocycles. The molecule has 0 radical (unpaired) electrons. The van der Waals surface area contributed by atoms with Gasteiger partial charge in [-0.05, 0) is 152 Å². The minimum atomic E-state index is -4.11. The van der Waals surface area contributed by atoms with E-state index in [0.29, 0.717) is 11.5 Å². The molecule has 0 bridgehead atoms. The number of sulfonamides is 2. The first-order valence-corrected chi connectivity index (χ1v) is 25.0. The lowest BCUT2D eigenvalue weighted by Crippen LogP contribution is -2.51. The van der Waals surface area contributed by atoms with Crippen molar-refractivity contribution in [3.05, 3.63) is 106 Å². The topological polar surface area (TPSA) is 216 Å². The van der Waals surface area contributed by atoms with E-state index in [1.807, 2.05) is 39.8 Å². The van der Waals surface area contributed by atoms with Gasteiger partial charge in [-0.3, -0.25) is 0 Å². The SMILES string of the molecule is COC(=O)c1ccc(Oc2cc(C)cc(C)c2)c(S(=O)(=O)N2CCN(C(=O)OC(C)(C)C)CC2)c1.Cc1cc(C)cc(Oc2ccc(C(=O)O)cc2S(=O)(=O)N2CCN(C(=O)OC(C)(C)C)CC2)c1. The second kappa shape index (κ2) is 21.6. The molecular weight excluding hydrogens is 933 g/mol. The predicted octanol–water partition coefficient (Wildman–Crippen LogP) is 8.16. The summed E-state index contributed by atoms with van der Waals surface area (Å²) in [6.45, 7) is 19.1. The third kappa shape index (κ3) is 14.4. The van der Waals surface area contributed by atoms with Gasteiger partial charge in [-0.1, -0.05) is 12.1 Å². The first-order valence-electron chi connectivity index (χ1n) is 22.1. The lowest BCUT2D eigenvalue weighted by molar-refractivity contribution is 0.0183. The maximum absolute atomic E-state index is 13.7. The lowest BCUT2D eigenvalue weighted by atomic mass is 10.1. The van der Waals surface area contributed by atoms with E-state index in [1.54, 1.807) is 65.8 Å². The van der Waals surface area contributed by atoms with Crippen molar-refractivity contribution in [1.29, 1.82) is 0 Å². The van der Waals surface area contributed by atoms with Gasteiger partial charge < -0.3 is 38.6 Å². The van der Waals surface area contributed by atoms with Gasteiger partial charge in [-0.2, -0.15) is 8.61 Å². The van der Waals surface area contributed by atoms with Crippen LogP contribution in [-0.2, 0) is 34.3 Å². The van der Waals surface area contributed by atoms with Crippen LogP contribution in [0.25, 0.3) is 0 Å². The zero-order valence-corrected chi connectivity index (χ0v) is 42.6. The van der Waals surface area contributed by atoms with E-state index in [2.05, 4.69) is 0 Å². The maximum Gasteiger partial charge on any atom is 0.410 e. The Bertz CT molecular complexity index is 2740. The highest BCUT2D eigenvalue weighted by molar-refractivity contribution is 7.89. The van der Waals surface area contributed by atoms with Crippen molar-refractivity contribution in [2.75, 3.05) is 59.5 Å². The molecule has 0 aromatic heterocycles. The third-order valence-corrected chi connectivity index (χ3v) is 14.3. The van der Waals surface area contributed by atoms with Gasteiger partial charge in [0.15, 0.2) is 0 Å². The normalized spacial score (nSPS) is 15.1. The molecular formula is C49H62N4O14S2. The van der Waals surface area contributed by atoms with Gasteiger partial charge in [-0.25, -0.2) is 36.0 Å². The van der Waals surface area contributed by atoms with E-state index in [1.165, 1.54) is 55.9 Å². The predicted molar refractivity (Wildman–Crippen MR) is 256 cm³/mol. The molecule has 2 heterocycles. The zero-order valence-electron chi connectivity index (χ0n) is 40.9. The van der Waals surface area contributed by atoms with E-state index in [-0.39, 0.29) is 84.8 Å². The number of piperazine rings is 2. The summed E-state index contributed by atoms with van der Waals surface area (Å²) < 4.78 is 84.3. The van der Waals surface area contributed by atoms with E-state index in [0.717, 1.165) is 28.3 Å². The fraction of sp³-hybridized carbons (Fsp3) is 0.429. The summed E-state index contributed by atoms with van der Waals surface area (Å²) >= 11 is 0. The number of amides is 2. The van der Waals surface area contributed by atoms with E-state index < -0.39 is 55.4 Å². The van der Waals surface area contributed by atoms with Crippen molar-refractivity contribution >= 4 is 44.2 Å². The highest BCUT2D eigenvalue weighted by atomic mass is 32.2. The van der Waals surface area contributed by atoms with Gasteiger partial charge in [0.05, 0.1) is 18.2 Å². The molecule has 20 heteroatoms. The zero-order chi connectivity index (χ0) is 51.2. The van der Waals surface area contributed by atoms with Crippen molar-refractivity contribution in [2.24, 2.45) is 0 Å². The number of rotatable bonds is 10. The molecule has 2 aliphatic heterocycles. The van der Waals surface area contributed by atoms with E-state index in [9.17, 15) is 41.1 Å². The Balaban J connectivity index is 0.000000258. The van der Waals surface area contributed by atoms with Crippen LogP contribution in [0.1, 0.15) is 84.5 Å². The molecule has 69 heavy (non-hydrogen) atoms. The number of aryl methyl sites for hydroxylation is 4. The van der Waals surface area contributed by atoms with E-state index in [4.69, 9.17) is 23.7 Å². The molecule has 1 N–H and O–H groups in total. The molecule has 0 unspecified atom stereocenters. The van der Waals surface area contributed by atoms with Crippen molar-refractivity contribution in [2.45, 2.75) is 90.2 Å². The number of benzene rings is 4. The quantitative estimate of drug-likeness (QED) is 0.117. The number of carboxylic acid groups (broad SMARTS) is 1. The number of carbonyl (C=O) groups is 4. The highest BCUT2D eigenvalue weighted by Crippen LogP contribution is 2.35. The Labute approximate surface area is 404 Å². The molecule has 2 saturated heterocycles. The van der Waals surface area contributed by atoms with Gasteiger partial charge in [0.25, 0.3) is 0 Å². The fourth-order valence-corrected chi connectivity index (χ4v) is 10.5. The van der Waals surface area contributed by atoms with Crippen molar-refractivity contribution in [1.82, 2.24) is 18.4 Å². The average Bonchev–Trinajstić information content (AvgIpc) is 3.24. The number of methoxy groups -OCH3 is 1. The lowest BCUT2D eigenvalue weighted by Gasteiger charge is -2.35. The number of nitrogens with zero attached hydrogens (tertiary/aromatic N) is 4. The second-order valence-corrected chi connectivity index (χ2v) is 22.5. The number of carboxylic acids is 1. The summed E-state index contributed by atoms with van der Waals surface area (Å²) in [5, 5.41) is 9.42. The molecule has 0 atom stereocenters. The number of hydrogen-bond acceptors (Lipinski definition) is 13. The summed E-state index contributed by atoms with van der Waals surface area (Å²) in [6.07, 6.45) is -0.989. The minimum Gasteiger partial charge on any atom is -0.478 e. The van der Waals surface area contributed by atoms with E-state index >= 15 is 0 Å². The van der Waals surface area contributed by atoms with Gasteiger partial charge in [0.1, 0.15) is 44.0 Å². The van der Waals surface area contributed by atoms with Crippen LogP contribution >= 0.6 is 0 Å². The molecule has 0 spiro atoms. The van der Waals surface area contributed by atoms with Crippen molar-refractivity contribution in [3.8, 4) is 23.0 Å². The number of hydrogen-bond donors (Lipinski definition) is 1. The average molecular weight is 995 g/mol. The summed E-state index contributed by atoms with van der Waals surface area (Å²) in [4.78, 5) is 50.9. The Hall–Kier alpha value is -6.22. The van der Waals surface area contributed by atoms with Gasteiger partial charge in [-0.15, -0.1) is 0 Å². The van der Waals surface area contributed by atoms with Crippen LogP contribution in [0.2, 0.25) is 0 Å². The number of esters is 1. The minimum absolute atomic E-state index is 0.0320. The number of ether oxygens (including phenoxy) is 5. The molecule has 2 amide bonds. The van der Waals surface area contributed by atoms with Crippen LogP contribution in [0, 0.1) is 27.7 Å².